The molecule has 2 rings (SSSR count). The van der Waals surface area contributed by atoms with Crippen molar-refractivity contribution in [2.24, 2.45) is 5.10 Å². The number of aryl methyl sites for hydroxylation is 1. The predicted molar refractivity (Wildman–Crippen MR) is 121 cm³/mol. The van der Waals surface area contributed by atoms with Crippen LogP contribution in [-0.4, -0.2) is 24.5 Å². The summed E-state index contributed by atoms with van der Waals surface area (Å²) in [5.74, 6) is 1.54. The van der Waals surface area contributed by atoms with Gasteiger partial charge in [-0.25, -0.2) is 0 Å². The zero-order chi connectivity index (χ0) is 20.4. The first-order chi connectivity index (χ1) is 13.5. The van der Waals surface area contributed by atoms with Gasteiger partial charge in [0.05, 0.1) is 19.4 Å². The molecule has 0 saturated heterocycles. The van der Waals surface area contributed by atoms with E-state index in [2.05, 4.69) is 49.6 Å². The molecule has 28 heavy (non-hydrogen) atoms. The molecule has 0 saturated carbocycles. The average Bonchev–Trinajstić information content (AvgIpc) is 2.69. The number of ether oxygens (including phenoxy) is 2. The Morgan fingerprint density at radius 1 is 1.07 bits per heavy atom. The number of benzene rings is 2. The molecule has 0 aliphatic heterocycles. The van der Waals surface area contributed by atoms with E-state index in [1.54, 1.807) is 6.21 Å². The van der Waals surface area contributed by atoms with E-state index >= 15 is 0 Å². The van der Waals surface area contributed by atoms with E-state index in [9.17, 15) is 0 Å². The molecule has 0 unspecified atom stereocenters. The molecule has 2 aromatic carbocycles. The molecule has 2 N–H and O–H groups in total. The van der Waals surface area contributed by atoms with Gasteiger partial charge in [0, 0.05) is 17.3 Å². The average molecular weight is 400 g/mol. The minimum atomic E-state index is 0.434. The number of rotatable bonds is 9. The minimum absolute atomic E-state index is 0.434. The summed E-state index contributed by atoms with van der Waals surface area (Å²) < 4.78 is 11.5. The number of nitrogens with zero attached hydrogens (tertiary/aromatic N) is 1. The van der Waals surface area contributed by atoms with E-state index in [1.807, 2.05) is 30.3 Å². The Bertz CT molecular complexity index is 821. The second-order valence-corrected chi connectivity index (χ2v) is 6.88. The fourth-order valence-corrected chi connectivity index (χ4v) is 2.63. The minimum Gasteiger partial charge on any atom is -0.493 e. The molecule has 0 spiro atoms. The second kappa shape index (κ2) is 11.3. The van der Waals surface area contributed by atoms with Crippen molar-refractivity contribution in [1.82, 2.24) is 5.43 Å². The van der Waals surface area contributed by atoms with Crippen LogP contribution in [0.25, 0.3) is 0 Å². The maximum atomic E-state index is 5.84. The first-order valence-electron chi connectivity index (χ1n) is 9.61. The SMILES string of the molecule is CCCOc1ccc(/C=N\NC(=S)Nc2cccc(C)c2C)c(OCCC)c1. The van der Waals surface area contributed by atoms with E-state index in [0.29, 0.717) is 18.3 Å². The van der Waals surface area contributed by atoms with Gasteiger partial charge in [-0.2, -0.15) is 5.10 Å². The maximum absolute atomic E-state index is 5.84. The van der Waals surface area contributed by atoms with Gasteiger partial charge in [0.1, 0.15) is 11.5 Å². The Kier molecular flexibility index (Phi) is 8.75. The largest absolute Gasteiger partial charge is 0.493 e. The van der Waals surface area contributed by atoms with Gasteiger partial charge in [-0.3, -0.25) is 5.43 Å². The van der Waals surface area contributed by atoms with Gasteiger partial charge in [-0.15, -0.1) is 0 Å². The highest BCUT2D eigenvalue weighted by Gasteiger charge is 2.06. The summed E-state index contributed by atoms with van der Waals surface area (Å²) in [6.07, 6.45) is 3.59. The van der Waals surface area contributed by atoms with Crippen LogP contribution in [-0.2, 0) is 0 Å². The van der Waals surface area contributed by atoms with Gasteiger partial charge in [-0.05, 0) is 68.2 Å². The summed E-state index contributed by atoms with van der Waals surface area (Å²) in [4.78, 5) is 0. The molecule has 0 amide bonds. The first kappa shape index (κ1) is 21.7. The van der Waals surface area contributed by atoms with Gasteiger partial charge >= 0.3 is 0 Å². The van der Waals surface area contributed by atoms with Gasteiger partial charge in [-0.1, -0.05) is 26.0 Å². The molecule has 0 aliphatic carbocycles. The van der Waals surface area contributed by atoms with Gasteiger partial charge in [0.15, 0.2) is 5.11 Å². The van der Waals surface area contributed by atoms with Crippen molar-refractivity contribution >= 4 is 29.2 Å². The maximum Gasteiger partial charge on any atom is 0.191 e. The summed E-state index contributed by atoms with van der Waals surface area (Å²) in [6.45, 7) is 9.60. The third-order valence-corrected chi connectivity index (χ3v) is 4.34. The van der Waals surface area contributed by atoms with Crippen molar-refractivity contribution in [3.8, 4) is 11.5 Å². The highest BCUT2D eigenvalue weighted by Crippen LogP contribution is 2.24. The number of hydrazone groups is 1. The van der Waals surface area contributed by atoms with Crippen LogP contribution < -0.4 is 20.2 Å². The lowest BCUT2D eigenvalue weighted by Gasteiger charge is -2.12. The van der Waals surface area contributed by atoms with Crippen LogP contribution in [0, 0.1) is 13.8 Å². The molecule has 5 nitrogen and oxygen atoms in total. The lowest BCUT2D eigenvalue weighted by Crippen LogP contribution is -2.24. The molecule has 0 aromatic heterocycles. The van der Waals surface area contributed by atoms with Crippen molar-refractivity contribution in [3.05, 3.63) is 53.1 Å². The summed E-state index contributed by atoms with van der Waals surface area (Å²) >= 11 is 5.34. The van der Waals surface area contributed by atoms with Crippen LogP contribution in [0.3, 0.4) is 0 Å². The highest BCUT2D eigenvalue weighted by molar-refractivity contribution is 7.80. The zero-order valence-corrected chi connectivity index (χ0v) is 17.9. The molecule has 0 heterocycles. The van der Waals surface area contributed by atoms with Gasteiger partial charge < -0.3 is 14.8 Å². The molecule has 0 bridgehead atoms. The number of thiocarbonyl (C=S) groups is 1. The Morgan fingerprint density at radius 2 is 1.82 bits per heavy atom. The van der Waals surface area contributed by atoms with E-state index in [-0.39, 0.29) is 0 Å². The van der Waals surface area contributed by atoms with Gasteiger partial charge in [0.25, 0.3) is 0 Å². The van der Waals surface area contributed by atoms with Crippen LogP contribution >= 0.6 is 12.2 Å². The smallest absolute Gasteiger partial charge is 0.191 e. The van der Waals surface area contributed by atoms with E-state index in [4.69, 9.17) is 21.7 Å². The Hall–Kier alpha value is -2.60. The van der Waals surface area contributed by atoms with Crippen LogP contribution in [0.15, 0.2) is 41.5 Å². The predicted octanol–water partition coefficient (Wildman–Crippen LogP) is 5.20. The van der Waals surface area contributed by atoms with Crippen LogP contribution in [0.2, 0.25) is 0 Å². The second-order valence-electron chi connectivity index (χ2n) is 6.47. The molecule has 0 aliphatic rings. The zero-order valence-electron chi connectivity index (χ0n) is 17.0. The summed E-state index contributed by atoms with van der Waals surface area (Å²) in [5, 5.41) is 7.86. The number of anilines is 1. The molecule has 0 fully saturated rings. The molecule has 0 radical (unpaired) electrons. The Labute approximate surface area is 173 Å². The summed E-state index contributed by atoms with van der Waals surface area (Å²) in [6, 6.07) is 11.8. The molecule has 150 valence electrons. The third-order valence-electron chi connectivity index (χ3n) is 4.14. The van der Waals surface area contributed by atoms with E-state index in [0.717, 1.165) is 41.2 Å². The Balaban J connectivity index is 2.03. The molecule has 0 atom stereocenters. The van der Waals surface area contributed by atoms with Crippen LogP contribution in [0.5, 0.6) is 11.5 Å². The van der Waals surface area contributed by atoms with Gasteiger partial charge in [0.2, 0.25) is 0 Å². The fraction of sp³-hybridized carbons (Fsp3) is 0.364. The molecular formula is C22H29N3O2S. The number of hydrogen-bond donors (Lipinski definition) is 2. The van der Waals surface area contributed by atoms with Crippen molar-refractivity contribution in [2.75, 3.05) is 18.5 Å². The molecule has 2 aromatic rings. The topological polar surface area (TPSA) is 54.9 Å². The van der Waals surface area contributed by atoms with Crippen molar-refractivity contribution in [3.63, 3.8) is 0 Å². The lowest BCUT2D eigenvalue weighted by atomic mass is 10.1. The van der Waals surface area contributed by atoms with Crippen molar-refractivity contribution in [2.45, 2.75) is 40.5 Å². The van der Waals surface area contributed by atoms with Crippen LogP contribution in [0.1, 0.15) is 43.4 Å². The van der Waals surface area contributed by atoms with E-state index in [1.165, 1.54) is 5.56 Å². The fourth-order valence-electron chi connectivity index (χ4n) is 2.47. The molecular weight excluding hydrogens is 370 g/mol. The molecule has 6 heteroatoms. The Morgan fingerprint density at radius 3 is 2.57 bits per heavy atom. The third kappa shape index (κ3) is 6.53. The standard InChI is InChI=1S/C22H29N3O2S/c1-5-12-26-19-11-10-18(21(14-19)27-13-6-2)15-23-25-22(28)24-20-9-7-8-16(3)17(20)4/h7-11,14-15H,5-6,12-13H2,1-4H3,(H2,24,25,28)/b23-15-. The number of hydrogen-bond acceptors (Lipinski definition) is 4. The normalized spacial score (nSPS) is 10.7. The lowest BCUT2D eigenvalue weighted by molar-refractivity contribution is 0.301. The first-order valence-corrected chi connectivity index (χ1v) is 10.0. The van der Waals surface area contributed by atoms with E-state index < -0.39 is 0 Å². The quantitative estimate of drug-likeness (QED) is 0.345. The number of nitrogens with one attached hydrogen (secondary N) is 2. The van der Waals surface area contributed by atoms with Crippen molar-refractivity contribution < 1.29 is 9.47 Å². The van der Waals surface area contributed by atoms with Crippen molar-refractivity contribution in [1.29, 1.82) is 0 Å². The van der Waals surface area contributed by atoms with Crippen LogP contribution in [0.4, 0.5) is 5.69 Å². The summed E-state index contributed by atoms with van der Waals surface area (Å²) in [7, 11) is 0. The highest BCUT2D eigenvalue weighted by atomic mass is 32.1. The monoisotopic (exact) mass is 399 g/mol. The summed E-state index contributed by atoms with van der Waals surface area (Å²) in [5.41, 5.74) is 7.06.